The van der Waals surface area contributed by atoms with Crippen LogP contribution in [0.1, 0.15) is 59.5 Å². The van der Waals surface area contributed by atoms with Gasteiger partial charge in [0.15, 0.2) is 6.17 Å². The molecule has 0 aliphatic heterocycles. The molecule has 2 aromatic heterocycles. The molecule has 3 rings (SSSR count). The Morgan fingerprint density at radius 2 is 1.62 bits per heavy atom. The first-order valence-electron chi connectivity index (χ1n) is 10.5. The Morgan fingerprint density at radius 3 is 2.24 bits per heavy atom. The highest BCUT2D eigenvalue weighted by Gasteiger charge is 2.30. The Morgan fingerprint density at radius 1 is 0.941 bits per heavy atom. The number of hydrogen-bond donors (Lipinski definition) is 2. The quantitative estimate of drug-likeness (QED) is 0.239. The van der Waals surface area contributed by atoms with Crippen LogP contribution in [0.15, 0.2) is 47.8 Å². The lowest BCUT2D eigenvalue weighted by Crippen LogP contribution is -2.46. The summed E-state index contributed by atoms with van der Waals surface area (Å²) in [4.78, 5) is 51.9. The number of carbonyl (C=O) groups is 4. The highest BCUT2D eigenvalue weighted by molar-refractivity contribution is 7.18. The molecule has 10 heteroatoms. The van der Waals surface area contributed by atoms with Crippen molar-refractivity contribution in [3.63, 3.8) is 0 Å². The molecule has 2 N–H and O–H groups in total. The van der Waals surface area contributed by atoms with Gasteiger partial charge in [0.25, 0.3) is 5.91 Å². The molecule has 0 bridgehead atoms. The number of hydrogen-bond acceptors (Lipinski definition) is 9. The van der Waals surface area contributed by atoms with Gasteiger partial charge in [0.05, 0.1) is 23.7 Å². The molecule has 1 unspecified atom stereocenters. The molecule has 1 amide bonds. The van der Waals surface area contributed by atoms with E-state index >= 15 is 0 Å². The molecule has 3 aromatic rings. The zero-order valence-electron chi connectivity index (χ0n) is 18.9. The molecule has 8 nitrogen and oxygen atoms in total. The molecule has 0 spiro atoms. The average Bonchev–Trinajstić information content (AvgIpc) is 3.47. The van der Waals surface area contributed by atoms with E-state index in [9.17, 15) is 19.2 Å². The van der Waals surface area contributed by atoms with E-state index in [1.165, 1.54) is 11.3 Å². The van der Waals surface area contributed by atoms with Crippen LogP contribution in [-0.4, -0.2) is 43.0 Å². The van der Waals surface area contributed by atoms with E-state index in [4.69, 9.17) is 9.47 Å². The number of carbonyl (C=O) groups excluding carboxylic acids is 4. The summed E-state index contributed by atoms with van der Waals surface area (Å²) < 4.78 is 10.3. The first-order valence-corrected chi connectivity index (χ1v) is 12.2. The first kappa shape index (κ1) is 25.1. The van der Waals surface area contributed by atoms with Crippen molar-refractivity contribution >= 4 is 51.3 Å². The SMILES string of the molecule is CCOC(=O)c1sc(NC(NC(=O)c2cccs2)C(=O)c2ccccc2)c(C(=O)OCC)c1C. The third-order valence-electron chi connectivity index (χ3n) is 4.70. The number of esters is 2. The van der Waals surface area contributed by atoms with Crippen LogP contribution in [0.4, 0.5) is 5.00 Å². The Labute approximate surface area is 204 Å². The predicted molar refractivity (Wildman–Crippen MR) is 131 cm³/mol. The van der Waals surface area contributed by atoms with Crippen LogP contribution in [0.25, 0.3) is 0 Å². The number of ether oxygens (including phenoxy) is 2. The van der Waals surface area contributed by atoms with Gasteiger partial charge >= 0.3 is 11.9 Å². The molecule has 2 heterocycles. The lowest BCUT2D eigenvalue weighted by atomic mass is 10.1. The van der Waals surface area contributed by atoms with Crippen LogP contribution in [0.2, 0.25) is 0 Å². The van der Waals surface area contributed by atoms with E-state index in [-0.39, 0.29) is 28.7 Å². The van der Waals surface area contributed by atoms with Crippen LogP contribution in [0.5, 0.6) is 0 Å². The molecule has 178 valence electrons. The molecule has 34 heavy (non-hydrogen) atoms. The number of nitrogens with one attached hydrogen (secondary N) is 2. The largest absolute Gasteiger partial charge is 0.462 e. The van der Waals surface area contributed by atoms with Gasteiger partial charge in [-0.3, -0.25) is 9.59 Å². The summed E-state index contributed by atoms with van der Waals surface area (Å²) in [5.74, 6) is -2.10. The maximum Gasteiger partial charge on any atom is 0.348 e. The molecule has 0 saturated carbocycles. The van der Waals surface area contributed by atoms with E-state index < -0.39 is 29.8 Å². The van der Waals surface area contributed by atoms with Crippen molar-refractivity contribution in [1.82, 2.24) is 5.32 Å². The normalized spacial score (nSPS) is 11.4. The van der Waals surface area contributed by atoms with Crippen LogP contribution in [-0.2, 0) is 9.47 Å². The first-order chi connectivity index (χ1) is 16.4. The Bertz CT molecular complexity index is 1170. The number of anilines is 1. The fourth-order valence-corrected chi connectivity index (χ4v) is 4.88. The summed E-state index contributed by atoms with van der Waals surface area (Å²) in [6, 6.07) is 11.8. The summed E-state index contributed by atoms with van der Waals surface area (Å²) >= 11 is 2.20. The zero-order chi connectivity index (χ0) is 24.7. The molecule has 1 aromatic carbocycles. The van der Waals surface area contributed by atoms with Gasteiger partial charge in [-0.1, -0.05) is 36.4 Å². The lowest BCUT2D eigenvalue weighted by molar-refractivity contribution is 0.0526. The van der Waals surface area contributed by atoms with E-state index in [0.29, 0.717) is 16.0 Å². The van der Waals surface area contributed by atoms with Gasteiger partial charge in [0.2, 0.25) is 5.78 Å². The topological polar surface area (TPSA) is 111 Å². The molecular weight excluding hydrogens is 476 g/mol. The Kier molecular flexibility index (Phi) is 8.55. The van der Waals surface area contributed by atoms with Crippen LogP contribution >= 0.6 is 22.7 Å². The molecule has 0 saturated heterocycles. The molecule has 0 aliphatic carbocycles. The van der Waals surface area contributed by atoms with Gasteiger partial charge in [-0.15, -0.1) is 22.7 Å². The van der Waals surface area contributed by atoms with Crippen molar-refractivity contribution in [2.45, 2.75) is 26.9 Å². The second-order valence-corrected chi connectivity index (χ2v) is 8.93. The van der Waals surface area contributed by atoms with E-state index in [1.807, 2.05) is 0 Å². The van der Waals surface area contributed by atoms with Crippen molar-refractivity contribution in [2.24, 2.45) is 0 Å². The Hall–Kier alpha value is -3.50. The smallest absolute Gasteiger partial charge is 0.348 e. The Balaban J connectivity index is 2.02. The summed E-state index contributed by atoms with van der Waals surface area (Å²) in [6.07, 6.45) is -1.21. The standard InChI is InChI=1S/C24H24N2O6S2/c1-4-31-23(29)17-14(3)19(24(30)32-5-2)34-22(17)26-20(18(27)15-10-7-6-8-11-15)25-21(28)16-12-9-13-33-16/h6-13,20,26H,4-5H2,1-3H3,(H,25,28). The number of rotatable bonds is 10. The maximum atomic E-state index is 13.3. The molecular formula is C24H24N2O6S2. The zero-order valence-corrected chi connectivity index (χ0v) is 20.5. The molecule has 0 aliphatic rings. The number of amides is 1. The van der Waals surface area contributed by atoms with Gasteiger partial charge in [-0.25, -0.2) is 9.59 Å². The van der Waals surface area contributed by atoms with E-state index in [2.05, 4.69) is 10.6 Å². The predicted octanol–water partition coefficient (Wildman–Crippen LogP) is 4.52. The number of benzene rings is 1. The monoisotopic (exact) mass is 500 g/mol. The highest BCUT2D eigenvalue weighted by Crippen LogP contribution is 2.35. The minimum atomic E-state index is -1.21. The van der Waals surface area contributed by atoms with E-state index in [0.717, 1.165) is 11.3 Å². The van der Waals surface area contributed by atoms with Gasteiger partial charge in [0.1, 0.15) is 9.88 Å². The van der Waals surface area contributed by atoms with Gasteiger partial charge < -0.3 is 20.1 Å². The minimum Gasteiger partial charge on any atom is -0.462 e. The van der Waals surface area contributed by atoms with Crippen LogP contribution in [0.3, 0.4) is 0 Å². The third kappa shape index (κ3) is 5.70. The van der Waals surface area contributed by atoms with E-state index in [1.54, 1.807) is 68.6 Å². The molecule has 0 fully saturated rings. The fraction of sp³-hybridized carbons (Fsp3) is 0.250. The van der Waals surface area contributed by atoms with Crippen molar-refractivity contribution < 1.29 is 28.7 Å². The number of Topliss-reactive ketones (excluding diaryl/α,β-unsaturated/α-hetero) is 1. The fourth-order valence-electron chi connectivity index (χ4n) is 3.13. The summed E-state index contributed by atoms with van der Waals surface area (Å²) in [5.41, 5.74) is 0.856. The van der Waals surface area contributed by atoms with Crippen molar-refractivity contribution in [2.75, 3.05) is 18.5 Å². The van der Waals surface area contributed by atoms with Gasteiger partial charge in [-0.2, -0.15) is 0 Å². The van der Waals surface area contributed by atoms with Gasteiger partial charge in [0, 0.05) is 5.56 Å². The second kappa shape index (κ2) is 11.6. The number of thiophene rings is 2. The summed E-state index contributed by atoms with van der Waals surface area (Å²) in [7, 11) is 0. The average molecular weight is 501 g/mol. The minimum absolute atomic E-state index is 0.117. The van der Waals surface area contributed by atoms with Crippen molar-refractivity contribution in [3.8, 4) is 0 Å². The second-order valence-electron chi connectivity index (χ2n) is 6.96. The third-order valence-corrected chi connectivity index (χ3v) is 6.78. The maximum absolute atomic E-state index is 13.3. The van der Waals surface area contributed by atoms with Crippen LogP contribution in [0, 0.1) is 6.92 Å². The summed E-state index contributed by atoms with van der Waals surface area (Å²) in [6.45, 7) is 5.25. The summed E-state index contributed by atoms with van der Waals surface area (Å²) in [5, 5.41) is 7.64. The van der Waals surface area contributed by atoms with Crippen molar-refractivity contribution in [1.29, 1.82) is 0 Å². The highest BCUT2D eigenvalue weighted by atomic mass is 32.1. The van der Waals surface area contributed by atoms with Crippen LogP contribution < -0.4 is 10.6 Å². The lowest BCUT2D eigenvalue weighted by Gasteiger charge is -2.20. The number of ketones is 1. The molecule has 0 radical (unpaired) electrons. The molecule has 1 atom stereocenters. The van der Waals surface area contributed by atoms with Gasteiger partial charge in [-0.05, 0) is 37.8 Å². The van der Waals surface area contributed by atoms with Crippen molar-refractivity contribution in [3.05, 3.63) is 74.3 Å².